The maximum absolute atomic E-state index is 12.2. The molecular weight excluding hydrogens is 266 g/mol. The van der Waals surface area contributed by atoms with Crippen molar-refractivity contribution in [2.45, 2.75) is 57.9 Å². The smallest absolute Gasteiger partial charge is 0.317 e. The summed E-state index contributed by atoms with van der Waals surface area (Å²) in [5.41, 5.74) is 0. The highest BCUT2D eigenvalue weighted by molar-refractivity contribution is 5.84. The van der Waals surface area contributed by atoms with Crippen molar-refractivity contribution < 1.29 is 9.59 Å². The molecule has 1 saturated carbocycles. The molecule has 2 fully saturated rings. The summed E-state index contributed by atoms with van der Waals surface area (Å²) in [6, 6.07) is 0.214. The van der Waals surface area contributed by atoms with Crippen molar-refractivity contribution in [3.63, 3.8) is 0 Å². The molecule has 0 atom stereocenters. The van der Waals surface area contributed by atoms with Crippen LogP contribution in [0.5, 0.6) is 0 Å². The second kappa shape index (κ2) is 7.66. The number of carbonyl (C=O) groups is 2. The Balaban J connectivity index is 1.71. The number of carbonyl (C=O) groups excluding carboxylic acids is 2. The summed E-state index contributed by atoms with van der Waals surface area (Å²) in [6.45, 7) is 4.08. The van der Waals surface area contributed by atoms with Gasteiger partial charge in [0.15, 0.2) is 0 Å². The van der Waals surface area contributed by atoms with Gasteiger partial charge in [0.1, 0.15) is 0 Å². The van der Waals surface area contributed by atoms with Gasteiger partial charge < -0.3 is 15.1 Å². The average Bonchev–Trinajstić information content (AvgIpc) is 2.53. The lowest BCUT2D eigenvalue weighted by Gasteiger charge is -2.34. The molecule has 1 heterocycles. The first-order valence-corrected chi connectivity index (χ1v) is 8.36. The van der Waals surface area contributed by atoms with Crippen molar-refractivity contribution >= 4 is 11.9 Å². The van der Waals surface area contributed by atoms with Gasteiger partial charge in [-0.05, 0) is 50.9 Å². The Hall–Kier alpha value is -1.26. The minimum atomic E-state index is -0.111. The lowest BCUT2D eigenvalue weighted by molar-refractivity contribution is -0.130. The number of hydrogen-bond acceptors (Lipinski definition) is 2. The molecular formula is C16H29N3O2. The Kier molecular flexibility index (Phi) is 5.88. The molecule has 1 saturated heterocycles. The largest absolute Gasteiger partial charge is 0.341 e. The lowest BCUT2D eigenvalue weighted by atomic mass is 9.87. The molecule has 0 radical (unpaired) electrons. The van der Waals surface area contributed by atoms with Crippen LogP contribution in [0, 0.1) is 5.92 Å². The van der Waals surface area contributed by atoms with Crippen molar-refractivity contribution in [1.29, 1.82) is 0 Å². The zero-order valence-corrected chi connectivity index (χ0v) is 13.4. The summed E-state index contributed by atoms with van der Waals surface area (Å²) in [7, 11) is 1.85. The highest BCUT2D eigenvalue weighted by Crippen LogP contribution is 2.26. The van der Waals surface area contributed by atoms with Crippen molar-refractivity contribution in [1.82, 2.24) is 15.1 Å². The summed E-state index contributed by atoms with van der Waals surface area (Å²) < 4.78 is 0. The van der Waals surface area contributed by atoms with Crippen molar-refractivity contribution in [2.75, 3.05) is 26.7 Å². The Labute approximate surface area is 128 Å². The molecule has 1 N–H and O–H groups in total. The molecule has 2 rings (SSSR count). The van der Waals surface area contributed by atoms with E-state index < -0.39 is 0 Å². The molecule has 5 nitrogen and oxygen atoms in total. The van der Waals surface area contributed by atoms with Crippen molar-refractivity contribution in [2.24, 2.45) is 5.92 Å². The lowest BCUT2D eigenvalue weighted by Crippen LogP contribution is -2.48. The Morgan fingerprint density at radius 2 is 1.71 bits per heavy atom. The minimum Gasteiger partial charge on any atom is -0.341 e. The molecule has 0 bridgehead atoms. The Morgan fingerprint density at radius 3 is 2.33 bits per heavy atom. The fourth-order valence-corrected chi connectivity index (χ4v) is 3.33. The third kappa shape index (κ3) is 4.61. The Bertz CT molecular complexity index is 359. The third-order valence-electron chi connectivity index (χ3n) is 4.95. The molecule has 1 aliphatic carbocycles. The van der Waals surface area contributed by atoms with Gasteiger partial charge >= 0.3 is 6.03 Å². The quantitative estimate of drug-likeness (QED) is 0.868. The fraction of sp³-hybridized carbons (Fsp3) is 0.875. The number of hydrogen-bond donors (Lipinski definition) is 1. The molecule has 0 aromatic heterocycles. The molecule has 3 amide bonds. The van der Waals surface area contributed by atoms with Gasteiger partial charge in [0.25, 0.3) is 0 Å². The van der Waals surface area contributed by atoms with Crippen LogP contribution in [-0.4, -0.2) is 54.5 Å². The van der Waals surface area contributed by atoms with Crippen LogP contribution in [0.3, 0.4) is 0 Å². The first-order chi connectivity index (χ1) is 10.1. The Morgan fingerprint density at radius 1 is 1.10 bits per heavy atom. The van der Waals surface area contributed by atoms with Crippen LogP contribution >= 0.6 is 0 Å². The van der Waals surface area contributed by atoms with E-state index in [4.69, 9.17) is 0 Å². The van der Waals surface area contributed by atoms with Crippen molar-refractivity contribution in [3.05, 3.63) is 0 Å². The van der Waals surface area contributed by atoms with E-state index in [0.717, 1.165) is 44.7 Å². The van der Waals surface area contributed by atoms with Gasteiger partial charge in [0.05, 0.1) is 6.54 Å². The summed E-state index contributed by atoms with van der Waals surface area (Å²) in [5, 5.41) is 2.78. The number of piperidine rings is 1. The van der Waals surface area contributed by atoms with Crippen LogP contribution in [0.2, 0.25) is 0 Å². The van der Waals surface area contributed by atoms with E-state index in [1.165, 1.54) is 19.3 Å². The molecule has 0 unspecified atom stereocenters. The molecule has 5 heteroatoms. The van der Waals surface area contributed by atoms with Gasteiger partial charge in [-0.3, -0.25) is 4.79 Å². The van der Waals surface area contributed by atoms with Crippen LogP contribution in [0.15, 0.2) is 0 Å². The van der Waals surface area contributed by atoms with E-state index in [1.54, 1.807) is 4.90 Å². The van der Waals surface area contributed by atoms with Gasteiger partial charge in [-0.1, -0.05) is 6.92 Å². The predicted molar refractivity (Wildman–Crippen MR) is 83.0 cm³/mol. The van der Waals surface area contributed by atoms with E-state index in [0.29, 0.717) is 6.04 Å². The number of nitrogens with one attached hydrogen (secondary N) is 1. The number of likely N-dealkylation sites (tertiary alicyclic amines) is 1. The second-order valence-corrected chi connectivity index (χ2v) is 6.62. The SMILES string of the molecule is CC1CCC(N(C)C(=O)NCC(=O)N2CCCCC2)CC1. The van der Waals surface area contributed by atoms with Gasteiger partial charge in [0.2, 0.25) is 5.91 Å². The number of nitrogens with zero attached hydrogens (tertiary/aromatic N) is 2. The number of rotatable bonds is 3. The van der Waals surface area contributed by atoms with Crippen molar-refractivity contribution in [3.8, 4) is 0 Å². The van der Waals surface area contributed by atoms with Gasteiger partial charge in [-0.25, -0.2) is 4.79 Å². The molecule has 0 spiro atoms. The van der Waals surface area contributed by atoms with E-state index in [1.807, 2.05) is 11.9 Å². The molecule has 0 aromatic carbocycles. The standard InChI is InChI=1S/C16H29N3O2/c1-13-6-8-14(9-7-13)18(2)16(21)17-12-15(20)19-10-4-3-5-11-19/h13-14H,3-12H2,1-2H3,(H,17,21). The third-order valence-corrected chi connectivity index (χ3v) is 4.95. The normalized spacial score (nSPS) is 26.3. The summed E-state index contributed by atoms with van der Waals surface area (Å²) >= 11 is 0. The van der Waals surface area contributed by atoms with E-state index in [-0.39, 0.29) is 18.5 Å². The highest BCUT2D eigenvalue weighted by Gasteiger charge is 2.25. The van der Waals surface area contributed by atoms with Crippen LogP contribution in [0.4, 0.5) is 4.79 Å². The first kappa shape index (κ1) is 16.1. The van der Waals surface area contributed by atoms with Crippen LogP contribution in [0.25, 0.3) is 0 Å². The highest BCUT2D eigenvalue weighted by atomic mass is 16.2. The second-order valence-electron chi connectivity index (χ2n) is 6.62. The summed E-state index contributed by atoms with van der Waals surface area (Å²) in [6.07, 6.45) is 7.90. The molecule has 1 aliphatic heterocycles. The molecule has 120 valence electrons. The zero-order chi connectivity index (χ0) is 15.2. The predicted octanol–water partition coefficient (Wildman–Crippen LogP) is 2.22. The molecule has 0 aromatic rings. The topological polar surface area (TPSA) is 52.7 Å². The maximum Gasteiger partial charge on any atom is 0.317 e. The molecule has 21 heavy (non-hydrogen) atoms. The monoisotopic (exact) mass is 295 g/mol. The van der Waals surface area contributed by atoms with Crippen LogP contribution < -0.4 is 5.32 Å². The summed E-state index contributed by atoms with van der Waals surface area (Å²) in [4.78, 5) is 27.8. The van der Waals surface area contributed by atoms with Gasteiger partial charge in [-0.2, -0.15) is 0 Å². The summed E-state index contributed by atoms with van der Waals surface area (Å²) in [5.74, 6) is 0.826. The number of urea groups is 1. The molecule has 2 aliphatic rings. The van der Waals surface area contributed by atoms with E-state index in [2.05, 4.69) is 12.2 Å². The van der Waals surface area contributed by atoms with Crippen LogP contribution in [0.1, 0.15) is 51.9 Å². The van der Waals surface area contributed by atoms with Gasteiger partial charge in [0, 0.05) is 26.2 Å². The maximum atomic E-state index is 12.2. The number of amides is 3. The van der Waals surface area contributed by atoms with Gasteiger partial charge in [-0.15, -0.1) is 0 Å². The average molecular weight is 295 g/mol. The van der Waals surface area contributed by atoms with Crippen LogP contribution in [-0.2, 0) is 4.79 Å². The minimum absolute atomic E-state index is 0.0497. The van der Waals surface area contributed by atoms with E-state index in [9.17, 15) is 9.59 Å². The zero-order valence-electron chi connectivity index (χ0n) is 13.4. The van der Waals surface area contributed by atoms with E-state index >= 15 is 0 Å². The fourth-order valence-electron chi connectivity index (χ4n) is 3.33. The first-order valence-electron chi connectivity index (χ1n) is 8.36.